The second kappa shape index (κ2) is 4.01. The molecule has 0 aromatic heterocycles. The summed E-state index contributed by atoms with van der Waals surface area (Å²) in [6, 6.07) is 3.45. The van der Waals surface area contributed by atoms with Crippen LogP contribution in [0.15, 0.2) is 24.3 Å². The fourth-order valence-electron chi connectivity index (χ4n) is 1.18. The molecule has 1 aromatic rings. The van der Waals surface area contributed by atoms with E-state index in [4.69, 9.17) is 5.73 Å². The highest BCUT2D eigenvalue weighted by Crippen LogP contribution is 2.44. The van der Waals surface area contributed by atoms with Crippen LogP contribution in [0.5, 0.6) is 0 Å². The summed E-state index contributed by atoms with van der Waals surface area (Å²) in [5.74, 6) is -4.85. The third-order valence-electron chi connectivity index (χ3n) is 2.13. The van der Waals surface area contributed by atoms with E-state index < -0.39 is 23.7 Å². The van der Waals surface area contributed by atoms with Gasteiger partial charge in [-0.05, 0) is 18.6 Å². The van der Waals surface area contributed by atoms with E-state index in [2.05, 4.69) is 0 Å². The second-order valence-corrected chi connectivity index (χ2v) is 3.49. The molecule has 0 saturated heterocycles. The molecule has 1 unspecified atom stereocenters. The Morgan fingerprint density at radius 1 is 1.12 bits per heavy atom. The van der Waals surface area contributed by atoms with Crippen LogP contribution in [0.4, 0.5) is 22.0 Å². The van der Waals surface area contributed by atoms with Crippen molar-refractivity contribution in [3.63, 3.8) is 0 Å². The summed E-state index contributed by atoms with van der Waals surface area (Å²) in [6.07, 6.45) is -5.59. The summed E-state index contributed by atoms with van der Waals surface area (Å²) in [5, 5.41) is 0. The Labute approximate surface area is 89.1 Å². The fraction of sp³-hybridized carbons (Fsp3) is 0.400. The first kappa shape index (κ1) is 12.9. The minimum atomic E-state index is -5.59. The highest BCUT2D eigenvalue weighted by atomic mass is 19.4. The molecule has 0 radical (unpaired) electrons. The molecule has 1 nitrogen and oxygen atoms in total. The van der Waals surface area contributed by atoms with Crippen LogP contribution in [-0.2, 0) is 5.92 Å². The van der Waals surface area contributed by atoms with Gasteiger partial charge in [-0.15, -0.1) is 0 Å². The van der Waals surface area contributed by atoms with Gasteiger partial charge in [0.2, 0.25) is 0 Å². The summed E-state index contributed by atoms with van der Waals surface area (Å²) in [4.78, 5) is 0. The summed E-state index contributed by atoms with van der Waals surface area (Å²) in [5.41, 5.74) is 4.56. The van der Waals surface area contributed by atoms with Gasteiger partial charge in [0.05, 0.1) is 0 Å². The van der Waals surface area contributed by atoms with Crippen molar-refractivity contribution in [3.05, 3.63) is 35.4 Å². The van der Waals surface area contributed by atoms with Gasteiger partial charge in [-0.3, -0.25) is 0 Å². The predicted molar refractivity (Wildman–Crippen MR) is 49.0 cm³/mol. The van der Waals surface area contributed by atoms with Gasteiger partial charge in [-0.25, -0.2) is 0 Å². The summed E-state index contributed by atoms with van der Waals surface area (Å²) >= 11 is 0. The zero-order valence-electron chi connectivity index (χ0n) is 8.35. The molecule has 0 spiro atoms. The molecule has 2 N–H and O–H groups in total. The lowest BCUT2D eigenvalue weighted by Crippen LogP contribution is -2.33. The molecule has 0 aliphatic heterocycles. The van der Waals surface area contributed by atoms with Crippen molar-refractivity contribution < 1.29 is 22.0 Å². The lowest BCUT2D eigenvalue weighted by molar-refractivity contribution is -0.289. The third-order valence-corrected chi connectivity index (χ3v) is 2.13. The Kier molecular flexibility index (Phi) is 3.23. The van der Waals surface area contributed by atoms with E-state index >= 15 is 0 Å². The molecule has 16 heavy (non-hydrogen) atoms. The van der Waals surface area contributed by atoms with E-state index in [0.717, 1.165) is 18.2 Å². The molecule has 0 heterocycles. The third kappa shape index (κ3) is 2.32. The van der Waals surface area contributed by atoms with Crippen molar-refractivity contribution >= 4 is 0 Å². The van der Waals surface area contributed by atoms with Crippen LogP contribution in [0, 0.1) is 0 Å². The van der Waals surface area contributed by atoms with E-state index in [0.29, 0.717) is 0 Å². The van der Waals surface area contributed by atoms with Crippen LogP contribution < -0.4 is 5.73 Å². The maximum Gasteiger partial charge on any atom is 0.458 e. The Morgan fingerprint density at radius 3 is 2.12 bits per heavy atom. The van der Waals surface area contributed by atoms with Crippen LogP contribution in [0.3, 0.4) is 0 Å². The molecule has 0 saturated carbocycles. The van der Waals surface area contributed by atoms with Gasteiger partial charge in [-0.2, -0.15) is 22.0 Å². The van der Waals surface area contributed by atoms with E-state index in [1.165, 1.54) is 13.0 Å². The molecule has 90 valence electrons. The monoisotopic (exact) mass is 239 g/mol. The number of halogens is 5. The Bertz CT molecular complexity index is 370. The smallest absolute Gasteiger partial charge is 0.324 e. The highest BCUT2D eigenvalue weighted by molar-refractivity contribution is 5.29. The van der Waals surface area contributed by atoms with Gasteiger partial charge >= 0.3 is 12.1 Å². The molecule has 1 atom stereocenters. The number of alkyl halides is 5. The molecular formula is C10H10F5N. The van der Waals surface area contributed by atoms with E-state index in [-0.39, 0.29) is 5.56 Å². The van der Waals surface area contributed by atoms with Gasteiger partial charge < -0.3 is 5.73 Å². The second-order valence-electron chi connectivity index (χ2n) is 3.49. The van der Waals surface area contributed by atoms with Gasteiger partial charge in [0.25, 0.3) is 0 Å². The largest absolute Gasteiger partial charge is 0.458 e. The SMILES string of the molecule is CC(N)c1cccc(C(F)(F)C(F)(F)F)c1. The lowest BCUT2D eigenvalue weighted by Gasteiger charge is -2.20. The minimum absolute atomic E-state index is 0.237. The summed E-state index contributed by atoms with van der Waals surface area (Å²) < 4.78 is 62.1. The zero-order valence-corrected chi connectivity index (χ0v) is 8.35. The van der Waals surface area contributed by atoms with Crippen LogP contribution in [-0.4, -0.2) is 6.18 Å². The molecule has 0 bridgehead atoms. The van der Waals surface area contributed by atoms with Crippen LogP contribution >= 0.6 is 0 Å². The van der Waals surface area contributed by atoms with E-state index in [1.807, 2.05) is 0 Å². The normalized spacial score (nSPS) is 14.9. The minimum Gasteiger partial charge on any atom is -0.324 e. The van der Waals surface area contributed by atoms with Crippen LogP contribution in [0.1, 0.15) is 24.1 Å². The van der Waals surface area contributed by atoms with Crippen molar-refractivity contribution in [1.82, 2.24) is 0 Å². The lowest BCUT2D eigenvalue weighted by atomic mass is 10.0. The van der Waals surface area contributed by atoms with Crippen LogP contribution in [0.25, 0.3) is 0 Å². The number of hydrogen-bond acceptors (Lipinski definition) is 1. The molecule has 0 fully saturated rings. The summed E-state index contributed by atoms with van der Waals surface area (Å²) in [7, 11) is 0. The molecule has 0 amide bonds. The number of nitrogens with two attached hydrogens (primary N) is 1. The average Bonchev–Trinajstić information content (AvgIpc) is 2.16. The van der Waals surface area contributed by atoms with Gasteiger partial charge in [0, 0.05) is 11.6 Å². The number of rotatable bonds is 2. The summed E-state index contributed by atoms with van der Waals surface area (Å²) in [6.45, 7) is 1.50. The molecule has 0 aliphatic carbocycles. The van der Waals surface area contributed by atoms with Gasteiger partial charge in [0.15, 0.2) is 0 Å². The first-order valence-electron chi connectivity index (χ1n) is 4.47. The average molecular weight is 239 g/mol. The van der Waals surface area contributed by atoms with Crippen molar-refractivity contribution in [2.45, 2.75) is 25.1 Å². The van der Waals surface area contributed by atoms with Crippen LogP contribution in [0.2, 0.25) is 0 Å². The van der Waals surface area contributed by atoms with Gasteiger partial charge in [-0.1, -0.05) is 18.2 Å². The molecule has 1 aromatic carbocycles. The molecule has 6 heteroatoms. The first-order chi connectivity index (χ1) is 7.16. The number of hydrogen-bond donors (Lipinski definition) is 1. The van der Waals surface area contributed by atoms with Gasteiger partial charge in [0.1, 0.15) is 0 Å². The van der Waals surface area contributed by atoms with Crippen molar-refractivity contribution in [2.75, 3.05) is 0 Å². The topological polar surface area (TPSA) is 26.0 Å². The predicted octanol–water partition coefficient (Wildman–Crippen LogP) is 3.36. The highest BCUT2D eigenvalue weighted by Gasteiger charge is 2.58. The quantitative estimate of drug-likeness (QED) is 0.787. The zero-order chi connectivity index (χ0) is 12.6. The maximum absolute atomic E-state index is 12.9. The number of benzene rings is 1. The Balaban J connectivity index is 3.19. The molecule has 1 rings (SSSR count). The fourth-order valence-corrected chi connectivity index (χ4v) is 1.18. The Morgan fingerprint density at radius 2 is 1.69 bits per heavy atom. The van der Waals surface area contributed by atoms with E-state index in [9.17, 15) is 22.0 Å². The maximum atomic E-state index is 12.9. The Hall–Kier alpha value is -1.17. The standard InChI is InChI=1S/C10H10F5N/c1-6(16)7-3-2-4-8(5-7)9(11,12)10(13,14)15/h2-6H,16H2,1H3. The van der Waals surface area contributed by atoms with Crippen molar-refractivity contribution in [1.29, 1.82) is 0 Å². The first-order valence-corrected chi connectivity index (χ1v) is 4.47. The molecular weight excluding hydrogens is 229 g/mol. The van der Waals surface area contributed by atoms with Crippen molar-refractivity contribution in [2.24, 2.45) is 5.73 Å². The molecule has 0 aliphatic rings. The van der Waals surface area contributed by atoms with E-state index in [1.54, 1.807) is 0 Å². The van der Waals surface area contributed by atoms with Crippen molar-refractivity contribution in [3.8, 4) is 0 Å².